The van der Waals surface area contributed by atoms with Gasteiger partial charge in [-0.05, 0) is 55.0 Å². The molecule has 0 radical (unpaired) electrons. The lowest BCUT2D eigenvalue weighted by atomic mass is 10.1. The summed E-state index contributed by atoms with van der Waals surface area (Å²) >= 11 is 12.3. The van der Waals surface area contributed by atoms with Crippen molar-refractivity contribution in [3.8, 4) is 5.75 Å². The molecule has 0 saturated carbocycles. The van der Waals surface area contributed by atoms with Crippen molar-refractivity contribution in [2.24, 2.45) is 0 Å². The second-order valence-corrected chi connectivity index (χ2v) is 10.8. The maximum Gasteiger partial charge on any atom is 0.263 e. The van der Waals surface area contributed by atoms with E-state index in [-0.39, 0.29) is 16.7 Å². The molecule has 1 saturated heterocycles. The topological polar surface area (TPSA) is 102 Å². The first-order valence-corrected chi connectivity index (χ1v) is 12.6. The lowest BCUT2D eigenvalue weighted by Crippen LogP contribution is -2.17. The van der Waals surface area contributed by atoms with Gasteiger partial charge in [0.2, 0.25) is 5.91 Å². The Morgan fingerprint density at radius 3 is 2.34 bits per heavy atom. The van der Waals surface area contributed by atoms with Crippen molar-refractivity contribution in [2.45, 2.75) is 18.7 Å². The highest BCUT2D eigenvalue weighted by atomic mass is 35.5. The van der Waals surface area contributed by atoms with Gasteiger partial charge in [-0.3, -0.25) is 9.59 Å². The summed E-state index contributed by atoms with van der Waals surface area (Å²) in [5, 5.41) is 5.72. The first-order valence-electron chi connectivity index (χ1n) is 9.07. The summed E-state index contributed by atoms with van der Waals surface area (Å²) in [6, 6.07) is 9.65. The molecule has 32 heavy (non-hydrogen) atoms. The van der Waals surface area contributed by atoms with Gasteiger partial charge in [0.05, 0.1) is 16.9 Å². The van der Waals surface area contributed by atoms with Gasteiger partial charge in [-0.1, -0.05) is 35.6 Å². The maximum atomic E-state index is 11.5. The number of methoxy groups -OCH3 is 1. The summed E-state index contributed by atoms with van der Waals surface area (Å²) in [6.45, 7) is 3.27. The number of benzene rings is 2. The van der Waals surface area contributed by atoms with Gasteiger partial charge in [-0.2, -0.15) is 0 Å². The van der Waals surface area contributed by atoms with Crippen molar-refractivity contribution in [3.05, 3.63) is 57.5 Å². The number of hydrogen-bond acceptors (Lipinski definition) is 7. The average molecular weight is 513 g/mol. The molecule has 1 heterocycles. The molecule has 0 bridgehead atoms. The van der Waals surface area contributed by atoms with E-state index in [1.54, 1.807) is 31.4 Å². The minimum absolute atomic E-state index is 0.180. The molecular formula is C21H21ClN2O5S3. The molecule has 2 aromatic carbocycles. The van der Waals surface area contributed by atoms with E-state index in [1.165, 1.54) is 30.8 Å². The van der Waals surface area contributed by atoms with Crippen LogP contribution in [0.25, 0.3) is 6.08 Å². The predicted octanol–water partition coefficient (Wildman–Crippen LogP) is 4.19. The number of carbonyl (C=O) groups excluding carboxylic acids is 2. The van der Waals surface area contributed by atoms with E-state index in [0.717, 1.165) is 17.4 Å². The SMILES string of the molecule is CC(=O)Nc1ccc(S(C)(=O)=O)cc1.COc1cc(/C=C2\SC(=S)NC2=O)cc(Cl)c1C. The Bertz CT molecular complexity index is 1190. The molecule has 170 valence electrons. The number of rotatable bonds is 4. The molecule has 1 fully saturated rings. The summed E-state index contributed by atoms with van der Waals surface area (Å²) in [6.07, 6.45) is 2.88. The molecule has 2 N–H and O–H groups in total. The number of anilines is 1. The Hall–Kier alpha value is -2.40. The third-order valence-electron chi connectivity index (χ3n) is 4.08. The van der Waals surface area contributed by atoms with Gasteiger partial charge >= 0.3 is 0 Å². The van der Waals surface area contributed by atoms with E-state index in [0.29, 0.717) is 25.7 Å². The third kappa shape index (κ3) is 7.33. The van der Waals surface area contributed by atoms with Gasteiger partial charge in [-0.25, -0.2) is 8.42 Å². The van der Waals surface area contributed by atoms with E-state index in [9.17, 15) is 18.0 Å². The molecule has 3 rings (SSSR count). The van der Waals surface area contributed by atoms with Crippen molar-refractivity contribution >= 4 is 73.3 Å². The van der Waals surface area contributed by atoms with Crippen molar-refractivity contribution in [2.75, 3.05) is 18.7 Å². The Morgan fingerprint density at radius 1 is 1.25 bits per heavy atom. The highest BCUT2D eigenvalue weighted by Gasteiger charge is 2.22. The second kappa shape index (κ2) is 11.0. The normalized spacial score (nSPS) is 14.5. The Kier molecular flexibility index (Phi) is 8.85. The van der Waals surface area contributed by atoms with Crippen LogP contribution in [0.15, 0.2) is 46.2 Å². The molecule has 0 aliphatic carbocycles. The lowest BCUT2D eigenvalue weighted by molar-refractivity contribution is -0.115. The zero-order chi connectivity index (χ0) is 24.1. The van der Waals surface area contributed by atoms with Crippen LogP contribution in [0.4, 0.5) is 5.69 Å². The van der Waals surface area contributed by atoms with Crippen LogP contribution >= 0.6 is 35.6 Å². The van der Waals surface area contributed by atoms with E-state index >= 15 is 0 Å². The van der Waals surface area contributed by atoms with Crippen LogP contribution in [-0.4, -0.2) is 37.9 Å². The third-order valence-corrected chi connectivity index (χ3v) is 6.77. The van der Waals surface area contributed by atoms with Crippen molar-refractivity contribution in [3.63, 3.8) is 0 Å². The largest absolute Gasteiger partial charge is 0.496 e. The fraction of sp³-hybridized carbons (Fsp3) is 0.190. The summed E-state index contributed by atoms with van der Waals surface area (Å²) in [5.41, 5.74) is 2.27. The van der Waals surface area contributed by atoms with Gasteiger partial charge in [0.1, 0.15) is 10.1 Å². The van der Waals surface area contributed by atoms with Crippen molar-refractivity contribution < 1.29 is 22.7 Å². The molecule has 0 atom stereocenters. The Morgan fingerprint density at radius 2 is 1.88 bits per heavy atom. The molecule has 7 nitrogen and oxygen atoms in total. The Balaban J connectivity index is 0.000000235. The molecule has 0 aromatic heterocycles. The standard InChI is InChI=1S/C12H10ClNO2S2.C9H11NO3S/c1-6-8(13)3-7(4-9(6)16-2)5-10-11(15)14-12(17)18-10;1-7(11)10-8-3-5-9(6-4-8)14(2,12)13/h3-5H,1-2H3,(H,14,15,17);3-6H,1-2H3,(H,10,11)/b10-5-;. The van der Waals surface area contributed by atoms with Gasteiger partial charge in [0, 0.05) is 29.5 Å². The Labute approximate surface area is 201 Å². The highest BCUT2D eigenvalue weighted by Crippen LogP contribution is 2.31. The highest BCUT2D eigenvalue weighted by molar-refractivity contribution is 8.26. The number of ether oxygens (including phenoxy) is 1. The summed E-state index contributed by atoms with van der Waals surface area (Å²) in [7, 11) is -1.58. The maximum absolute atomic E-state index is 11.5. The number of carbonyl (C=O) groups is 2. The minimum atomic E-state index is -3.16. The first-order chi connectivity index (χ1) is 14.9. The van der Waals surface area contributed by atoms with Crippen LogP contribution in [-0.2, 0) is 19.4 Å². The van der Waals surface area contributed by atoms with Crippen molar-refractivity contribution in [1.82, 2.24) is 5.32 Å². The number of halogens is 1. The summed E-state index contributed by atoms with van der Waals surface area (Å²) < 4.78 is 27.9. The lowest BCUT2D eigenvalue weighted by Gasteiger charge is -2.07. The molecule has 1 aliphatic heterocycles. The van der Waals surface area contributed by atoms with Crippen LogP contribution in [0.1, 0.15) is 18.1 Å². The molecule has 1 aliphatic rings. The van der Waals surface area contributed by atoms with Gasteiger partial charge in [-0.15, -0.1) is 0 Å². The summed E-state index contributed by atoms with van der Waals surface area (Å²) in [4.78, 5) is 23.0. The molecular weight excluding hydrogens is 492 g/mol. The van der Waals surface area contributed by atoms with Crippen LogP contribution in [0.5, 0.6) is 5.75 Å². The van der Waals surface area contributed by atoms with E-state index in [4.69, 9.17) is 28.6 Å². The fourth-order valence-electron chi connectivity index (χ4n) is 2.53. The molecule has 2 aromatic rings. The number of amides is 2. The monoisotopic (exact) mass is 512 g/mol. The van der Waals surface area contributed by atoms with E-state index in [2.05, 4.69) is 10.6 Å². The first kappa shape index (κ1) is 25.9. The van der Waals surface area contributed by atoms with Gasteiger partial charge in [0.15, 0.2) is 9.84 Å². The van der Waals surface area contributed by atoms with E-state index < -0.39 is 9.84 Å². The van der Waals surface area contributed by atoms with Crippen LogP contribution in [0.2, 0.25) is 5.02 Å². The molecule has 0 spiro atoms. The van der Waals surface area contributed by atoms with Crippen LogP contribution in [0.3, 0.4) is 0 Å². The van der Waals surface area contributed by atoms with Gasteiger partial charge in [0.25, 0.3) is 5.91 Å². The fourth-order valence-corrected chi connectivity index (χ4v) is 4.42. The number of nitrogens with one attached hydrogen (secondary N) is 2. The number of sulfone groups is 1. The summed E-state index contributed by atoms with van der Waals surface area (Å²) in [5.74, 6) is 0.332. The number of thiocarbonyl (C=S) groups is 1. The smallest absolute Gasteiger partial charge is 0.263 e. The van der Waals surface area contributed by atoms with Gasteiger partial charge < -0.3 is 15.4 Å². The minimum Gasteiger partial charge on any atom is -0.496 e. The molecule has 0 unspecified atom stereocenters. The molecule has 11 heteroatoms. The van der Waals surface area contributed by atoms with Crippen LogP contribution < -0.4 is 15.4 Å². The second-order valence-electron chi connectivity index (χ2n) is 6.66. The van der Waals surface area contributed by atoms with E-state index in [1.807, 2.05) is 13.0 Å². The zero-order valence-corrected chi connectivity index (χ0v) is 20.9. The average Bonchev–Trinajstić information content (AvgIpc) is 3.01. The molecule has 2 amide bonds. The quantitative estimate of drug-likeness (QED) is 0.467. The van der Waals surface area contributed by atoms with Crippen LogP contribution in [0, 0.1) is 6.92 Å². The van der Waals surface area contributed by atoms with Crippen molar-refractivity contribution in [1.29, 1.82) is 0 Å². The predicted molar refractivity (Wildman–Crippen MR) is 133 cm³/mol. The number of thioether (sulfide) groups is 1. The number of hydrogen-bond donors (Lipinski definition) is 2. The zero-order valence-electron chi connectivity index (χ0n) is 17.7.